The lowest BCUT2D eigenvalue weighted by Gasteiger charge is -2.12. The summed E-state index contributed by atoms with van der Waals surface area (Å²) in [4.78, 5) is 8.13. The van der Waals surface area contributed by atoms with Gasteiger partial charge in [-0.3, -0.25) is 0 Å². The molecule has 1 aromatic heterocycles. The third-order valence-corrected chi connectivity index (χ3v) is 2.94. The van der Waals surface area contributed by atoms with Crippen LogP contribution in [0.25, 0.3) is 0 Å². The molecule has 0 aliphatic heterocycles. The zero-order chi connectivity index (χ0) is 13.0. The van der Waals surface area contributed by atoms with Gasteiger partial charge in [0.2, 0.25) is 0 Å². The number of hydrogen-bond donors (Lipinski definition) is 1. The average Bonchev–Trinajstić information content (AvgIpc) is 2.47. The maximum Gasteiger partial charge on any atom is 0.316 e. The van der Waals surface area contributed by atoms with E-state index < -0.39 is 0 Å². The zero-order valence-electron chi connectivity index (χ0n) is 10.6. The summed E-state index contributed by atoms with van der Waals surface area (Å²) in [6, 6.07) is 8.44. The fourth-order valence-corrected chi connectivity index (χ4v) is 1.75. The van der Waals surface area contributed by atoms with Crippen LogP contribution in [0.2, 0.25) is 0 Å². The lowest BCUT2D eigenvalue weighted by atomic mass is 10.0. The molecule has 0 aliphatic carbocycles. The Morgan fingerprint density at radius 1 is 1.11 bits per heavy atom. The van der Waals surface area contributed by atoms with Crippen LogP contribution in [0.3, 0.4) is 0 Å². The third kappa shape index (κ3) is 2.65. The van der Waals surface area contributed by atoms with Gasteiger partial charge in [0, 0.05) is 18.0 Å². The van der Waals surface area contributed by atoms with Gasteiger partial charge in [0.15, 0.2) is 0 Å². The van der Waals surface area contributed by atoms with Crippen molar-refractivity contribution in [1.82, 2.24) is 9.97 Å². The lowest BCUT2D eigenvalue weighted by Crippen LogP contribution is -2.12. The fourth-order valence-electron chi connectivity index (χ4n) is 1.75. The number of methoxy groups -OCH3 is 1. The summed E-state index contributed by atoms with van der Waals surface area (Å²) >= 11 is 0. The maximum absolute atomic E-state index is 6.18. The monoisotopic (exact) mass is 243 g/mol. The van der Waals surface area contributed by atoms with Crippen molar-refractivity contribution in [2.24, 2.45) is 5.73 Å². The summed E-state index contributed by atoms with van der Waals surface area (Å²) in [6.45, 7) is 2.13. The van der Waals surface area contributed by atoms with E-state index in [1.54, 1.807) is 19.5 Å². The highest BCUT2D eigenvalue weighted by atomic mass is 16.5. The molecule has 0 aliphatic rings. The van der Waals surface area contributed by atoms with Crippen LogP contribution < -0.4 is 10.5 Å². The van der Waals surface area contributed by atoms with Crippen molar-refractivity contribution in [2.45, 2.75) is 19.4 Å². The number of nitrogens with two attached hydrogens (primary N) is 1. The van der Waals surface area contributed by atoms with Crippen LogP contribution in [0.4, 0.5) is 0 Å². The SMILES string of the molecule is CCc1ccc(C(N)c2cnc(OC)nc2)cc1. The normalized spacial score (nSPS) is 12.2. The second-order valence-electron chi connectivity index (χ2n) is 4.08. The van der Waals surface area contributed by atoms with Crippen LogP contribution >= 0.6 is 0 Å². The molecule has 1 unspecified atom stereocenters. The molecule has 0 saturated carbocycles. The van der Waals surface area contributed by atoms with E-state index >= 15 is 0 Å². The summed E-state index contributed by atoms with van der Waals surface area (Å²) in [6.07, 6.45) is 4.43. The Morgan fingerprint density at radius 2 is 1.72 bits per heavy atom. The molecule has 1 aromatic carbocycles. The molecule has 4 heteroatoms. The first kappa shape index (κ1) is 12.5. The molecule has 94 valence electrons. The quantitative estimate of drug-likeness (QED) is 0.893. The predicted octanol–water partition coefficient (Wildman–Crippen LogP) is 2.10. The van der Waals surface area contributed by atoms with Crippen LogP contribution in [0, 0.1) is 0 Å². The first-order valence-corrected chi connectivity index (χ1v) is 5.95. The molecule has 0 saturated heterocycles. The van der Waals surface area contributed by atoms with Crippen LogP contribution in [0.1, 0.15) is 29.7 Å². The Hall–Kier alpha value is -1.94. The minimum atomic E-state index is -0.207. The molecule has 0 fully saturated rings. The number of benzene rings is 1. The summed E-state index contributed by atoms with van der Waals surface area (Å²) in [5.41, 5.74) is 9.41. The number of hydrogen-bond acceptors (Lipinski definition) is 4. The topological polar surface area (TPSA) is 61.0 Å². The van der Waals surface area contributed by atoms with E-state index in [4.69, 9.17) is 10.5 Å². The first-order valence-electron chi connectivity index (χ1n) is 5.95. The van der Waals surface area contributed by atoms with Crippen molar-refractivity contribution in [3.63, 3.8) is 0 Å². The Bertz CT molecular complexity index is 446. The second-order valence-corrected chi connectivity index (χ2v) is 4.08. The van der Waals surface area contributed by atoms with Gasteiger partial charge in [-0.25, -0.2) is 9.97 Å². The summed E-state index contributed by atoms with van der Waals surface area (Å²) in [5, 5.41) is 0. The molecule has 2 rings (SSSR count). The van der Waals surface area contributed by atoms with Gasteiger partial charge in [-0.1, -0.05) is 31.2 Å². The Kier molecular flexibility index (Phi) is 3.89. The second kappa shape index (κ2) is 5.60. The molecule has 1 heterocycles. The Balaban J connectivity index is 2.20. The van der Waals surface area contributed by atoms with Crippen LogP contribution in [0.15, 0.2) is 36.7 Å². The van der Waals surface area contributed by atoms with Gasteiger partial charge in [-0.2, -0.15) is 0 Å². The van der Waals surface area contributed by atoms with E-state index in [1.807, 2.05) is 12.1 Å². The highest BCUT2D eigenvalue weighted by molar-refractivity contribution is 5.31. The Morgan fingerprint density at radius 3 is 2.22 bits per heavy atom. The van der Waals surface area contributed by atoms with E-state index in [0.29, 0.717) is 6.01 Å². The van der Waals surface area contributed by atoms with Crippen molar-refractivity contribution < 1.29 is 4.74 Å². The first-order chi connectivity index (χ1) is 8.74. The number of rotatable bonds is 4. The zero-order valence-corrected chi connectivity index (χ0v) is 10.6. The van der Waals surface area contributed by atoms with E-state index in [9.17, 15) is 0 Å². The highest BCUT2D eigenvalue weighted by Gasteiger charge is 2.10. The molecule has 4 nitrogen and oxygen atoms in total. The minimum absolute atomic E-state index is 0.207. The molecule has 0 amide bonds. The van der Waals surface area contributed by atoms with E-state index in [1.165, 1.54) is 5.56 Å². The van der Waals surface area contributed by atoms with Gasteiger partial charge in [-0.15, -0.1) is 0 Å². The van der Waals surface area contributed by atoms with Gasteiger partial charge in [0.25, 0.3) is 0 Å². The predicted molar refractivity (Wildman–Crippen MR) is 70.4 cm³/mol. The minimum Gasteiger partial charge on any atom is -0.467 e. The molecular weight excluding hydrogens is 226 g/mol. The van der Waals surface area contributed by atoms with Gasteiger partial charge in [0.05, 0.1) is 13.2 Å². The van der Waals surface area contributed by atoms with Gasteiger partial charge < -0.3 is 10.5 Å². The highest BCUT2D eigenvalue weighted by Crippen LogP contribution is 2.19. The van der Waals surface area contributed by atoms with Gasteiger partial charge in [0.1, 0.15) is 0 Å². The van der Waals surface area contributed by atoms with E-state index in [2.05, 4.69) is 29.0 Å². The molecular formula is C14H17N3O. The molecule has 1 atom stereocenters. The number of aryl methyl sites for hydroxylation is 1. The van der Waals surface area contributed by atoms with Crippen molar-refractivity contribution in [2.75, 3.05) is 7.11 Å². The molecule has 2 N–H and O–H groups in total. The van der Waals surface area contributed by atoms with Gasteiger partial charge in [-0.05, 0) is 17.5 Å². The van der Waals surface area contributed by atoms with Crippen LogP contribution in [-0.4, -0.2) is 17.1 Å². The largest absolute Gasteiger partial charge is 0.467 e. The molecule has 0 radical (unpaired) electrons. The smallest absolute Gasteiger partial charge is 0.316 e. The van der Waals surface area contributed by atoms with Crippen LogP contribution in [0.5, 0.6) is 6.01 Å². The van der Waals surface area contributed by atoms with Crippen molar-refractivity contribution in [3.05, 3.63) is 53.3 Å². The molecule has 18 heavy (non-hydrogen) atoms. The fraction of sp³-hybridized carbons (Fsp3) is 0.286. The van der Waals surface area contributed by atoms with E-state index in [-0.39, 0.29) is 6.04 Å². The van der Waals surface area contributed by atoms with E-state index in [0.717, 1.165) is 17.5 Å². The van der Waals surface area contributed by atoms with Crippen LogP contribution in [-0.2, 0) is 6.42 Å². The molecule has 2 aromatic rings. The standard InChI is InChI=1S/C14H17N3O/c1-3-10-4-6-11(7-5-10)13(15)12-8-16-14(18-2)17-9-12/h4-9,13H,3,15H2,1-2H3. The molecule has 0 bridgehead atoms. The molecule has 0 spiro atoms. The summed E-state index contributed by atoms with van der Waals surface area (Å²) in [7, 11) is 1.54. The number of ether oxygens (including phenoxy) is 1. The number of nitrogens with zero attached hydrogens (tertiary/aromatic N) is 2. The van der Waals surface area contributed by atoms with Gasteiger partial charge >= 0.3 is 6.01 Å². The van der Waals surface area contributed by atoms with Crippen molar-refractivity contribution in [1.29, 1.82) is 0 Å². The average molecular weight is 243 g/mol. The maximum atomic E-state index is 6.18. The summed E-state index contributed by atoms with van der Waals surface area (Å²) in [5.74, 6) is 0. The number of aromatic nitrogens is 2. The van der Waals surface area contributed by atoms with Crippen molar-refractivity contribution >= 4 is 0 Å². The van der Waals surface area contributed by atoms with Crippen molar-refractivity contribution in [3.8, 4) is 6.01 Å². The summed E-state index contributed by atoms with van der Waals surface area (Å²) < 4.78 is 4.92. The third-order valence-electron chi connectivity index (χ3n) is 2.94. The Labute approximate surface area is 107 Å². The lowest BCUT2D eigenvalue weighted by molar-refractivity contribution is 0.379.